The highest BCUT2D eigenvalue weighted by Crippen LogP contribution is 2.23. The summed E-state index contributed by atoms with van der Waals surface area (Å²) >= 11 is 0. The first kappa shape index (κ1) is 26.4. The van der Waals surface area contributed by atoms with Crippen LogP contribution in [0.1, 0.15) is 143 Å². The summed E-state index contributed by atoms with van der Waals surface area (Å²) < 4.78 is 0. The molecule has 1 atom stereocenters. The van der Waals surface area contributed by atoms with Crippen molar-refractivity contribution >= 4 is 0 Å². The third-order valence-electron chi connectivity index (χ3n) is 6.57. The van der Waals surface area contributed by atoms with Crippen molar-refractivity contribution in [3.63, 3.8) is 0 Å². The van der Waals surface area contributed by atoms with Gasteiger partial charge in [-0.15, -0.1) is 0 Å². The molecule has 0 radical (unpaired) electrons. The standard InChI is InChI=1S/C27H54N2/c1-4-7-10-12-13-14-15-16-17-18-19-22-27-28(23-20-9-6-3)25-26-29(27)24-21-11-8-5-2/h25-27H,4-24H2,1-3H3. The maximum Gasteiger partial charge on any atom is 0.101 e. The van der Waals surface area contributed by atoms with E-state index < -0.39 is 0 Å². The zero-order valence-corrected chi connectivity index (χ0v) is 20.5. The Balaban J connectivity index is 2.17. The highest BCUT2D eigenvalue weighted by atomic mass is 15.4. The molecule has 0 amide bonds. The topological polar surface area (TPSA) is 6.48 Å². The fourth-order valence-corrected chi connectivity index (χ4v) is 4.60. The van der Waals surface area contributed by atoms with E-state index in [-0.39, 0.29) is 0 Å². The molecule has 0 N–H and O–H groups in total. The lowest BCUT2D eigenvalue weighted by molar-refractivity contribution is 0.135. The fraction of sp³-hybridized carbons (Fsp3) is 0.926. The van der Waals surface area contributed by atoms with E-state index >= 15 is 0 Å². The van der Waals surface area contributed by atoms with Gasteiger partial charge in [0.2, 0.25) is 0 Å². The van der Waals surface area contributed by atoms with Crippen molar-refractivity contribution in [2.75, 3.05) is 13.1 Å². The van der Waals surface area contributed by atoms with Crippen molar-refractivity contribution in [3.05, 3.63) is 12.4 Å². The van der Waals surface area contributed by atoms with Crippen LogP contribution in [0.25, 0.3) is 0 Å². The minimum Gasteiger partial charge on any atom is -0.356 e. The third kappa shape index (κ3) is 13.3. The summed E-state index contributed by atoms with van der Waals surface area (Å²) in [6.45, 7) is 9.42. The monoisotopic (exact) mass is 406 g/mol. The highest BCUT2D eigenvalue weighted by Gasteiger charge is 2.24. The third-order valence-corrected chi connectivity index (χ3v) is 6.57. The molecule has 172 valence electrons. The Hall–Kier alpha value is -0.660. The predicted octanol–water partition coefficient (Wildman–Crippen LogP) is 8.87. The summed E-state index contributed by atoms with van der Waals surface area (Å²) in [5.41, 5.74) is 0. The van der Waals surface area contributed by atoms with Crippen molar-refractivity contribution in [2.45, 2.75) is 149 Å². The maximum atomic E-state index is 2.65. The van der Waals surface area contributed by atoms with Gasteiger partial charge in [-0.25, -0.2) is 0 Å². The molecule has 2 heteroatoms. The van der Waals surface area contributed by atoms with Gasteiger partial charge in [-0.2, -0.15) is 0 Å². The Morgan fingerprint density at radius 1 is 0.448 bits per heavy atom. The van der Waals surface area contributed by atoms with E-state index in [1.54, 1.807) is 0 Å². The fourth-order valence-electron chi connectivity index (χ4n) is 4.60. The lowest BCUT2D eigenvalue weighted by Gasteiger charge is -2.33. The molecule has 0 aliphatic carbocycles. The molecule has 0 bridgehead atoms. The van der Waals surface area contributed by atoms with Crippen molar-refractivity contribution in [3.8, 4) is 0 Å². The molecule has 0 saturated carbocycles. The summed E-state index contributed by atoms with van der Waals surface area (Å²) in [5, 5.41) is 0. The van der Waals surface area contributed by atoms with Gasteiger partial charge in [0.15, 0.2) is 0 Å². The highest BCUT2D eigenvalue weighted by molar-refractivity contribution is 4.96. The molecule has 0 aromatic heterocycles. The van der Waals surface area contributed by atoms with E-state index in [1.165, 1.54) is 135 Å². The zero-order valence-electron chi connectivity index (χ0n) is 20.5. The Morgan fingerprint density at radius 2 is 0.793 bits per heavy atom. The molecule has 2 nitrogen and oxygen atoms in total. The van der Waals surface area contributed by atoms with Gasteiger partial charge in [0.1, 0.15) is 6.17 Å². The summed E-state index contributed by atoms with van der Waals surface area (Å²) in [5.74, 6) is 0. The summed E-state index contributed by atoms with van der Waals surface area (Å²) in [7, 11) is 0. The second-order valence-electron chi connectivity index (χ2n) is 9.35. The van der Waals surface area contributed by atoms with Crippen molar-refractivity contribution in [2.24, 2.45) is 0 Å². The van der Waals surface area contributed by atoms with Crippen molar-refractivity contribution < 1.29 is 0 Å². The Labute approximate surface area is 184 Å². The van der Waals surface area contributed by atoms with E-state index in [1.807, 2.05) is 0 Å². The first-order valence-corrected chi connectivity index (χ1v) is 13.5. The molecule has 1 rings (SSSR count). The quantitative estimate of drug-likeness (QED) is 0.176. The van der Waals surface area contributed by atoms with E-state index in [4.69, 9.17) is 0 Å². The smallest absolute Gasteiger partial charge is 0.101 e. The van der Waals surface area contributed by atoms with E-state index in [2.05, 4.69) is 43.0 Å². The zero-order chi connectivity index (χ0) is 21.0. The average Bonchev–Trinajstić information content (AvgIpc) is 3.11. The molecule has 29 heavy (non-hydrogen) atoms. The number of nitrogens with zero attached hydrogens (tertiary/aromatic N) is 2. The Kier molecular flexibility index (Phi) is 17.6. The van der Waals surface area contributed by atoms with Crippen LogP contribution in [0.5, 0.6) is 0 Å². The predicted molar refractivity (Wildman–Crippen MR) is 131 cm³/mol. The molecule has 0 fully saturated rings. The summed E-state index contributed by atoms with van der Waals surface area (Å²) in [4.78, 5) is 5.30. The number of hydrogen-bond acceptors (Lipinski definition) is 2. The first-order chi connectivity index (χ1) is 14.3. The molecule has 1 aliphatic rings. The van der Waals surface area contributed by atoms with Gasteiger partial charge in [-0.3, -0.25) is 0 Å². The average molecular weight is 407 g/mol. The van der Waals surface area contributed by atoms with Crippen LogP contribution in [0.4, 0.5) is 0 Å². The van der Waals surface area contributed by atoms with Crippen LogP contribution in [0, 0.1) is 0 Å². The van der Waals surface area contributed by atoms with Gasteiger partial charge < -0.3 is 9.80 Å². The number of hydrogen-bond donors (Lipinski definition) is 0. The summed E-state index contributed by atoms with van der Waals surface area (Å²) in [6.07, 6.45) is 32.1. The maximum absolute atomic E-state index is 2.65. The molecule has 1 unspecified atom stereocenters. The van der Waals surface area contributed by atoms with Gasteiger partial charge >= 0.3 is 0 Å². The Bertz CT molecular complexity index is 366. The molecule has 0 saturated heterocycles. The SMILES string of the molecule is CCCCCCCCCCCCCC1N(CCCCC)C=CN1CCCCCC. The molecular weight excluding hydrogens is 352 g/mol. The van der Waals surface area contributed by atoms with Gasteiger partial charge in [0, 0.05) is 25.5 Å². The van der Waals surface area contributed by atoms with Crippen molar-refractivity contribution in [1.29, 1.82) is 0 Å². The van der Waals surface area contributed by atoms with Crippen LogP contribution in [0.3, 0.4) is 0 Å². The second-order valence-corrected chi connectivity index (χ2v) is 9.35. The van der Waals surface area contributed by atoms with Gasteiger partial charge in [-0.1, -0.05) is 117 Å². The van der Waals surface area contributed by atoms with Crippen LogP contribution in [0.15, 0.2) is 12.4 Å². The van der Waals surface area contributed by atoms with Gasteiger partial charge in [-0.05, 0) is 25.7 Å². The first-order valence-electron chi connectivity index (χ1n) is 13.5. The van der Waals surface area contributed by atoms with Crippen LogP contribution >= 0.6 is 0 Å². The Morgan fingerprint density at radius 3 is 1.28 bits per heavy atom. The van der Waals surface area contributed by atoms with Crippen LogP contribution in [0.2, 0.25) is 0 Å². The van der Waals surface area contributed by atoms with Crippen molar-refractivity contribution in [1.82, 2.24) is 9.80 Å². The normalized spacial score (nSPS) is 16.3. The minimum absolute atomic E-state index is 0.645. The molecule has 1 aliphatic heterocycles. The molecule has 0 spiro atoms. The van der Waals surface area contributed by atoms with Gasteiger partial charge in [0.05, 0.1) is 0 Å². The lowest BCUT2D eigenvalue weighted by Crippen LogP contribution is -2.39. The molecule has 0 aromatic carbocycles. The van der Waals surface area contributed by atoms with Crippen LogP contribution in [-0.4, -0.2) is 29.1 Å². The van der Waals surface area contributed by atoms with Crippen LogP contribution in [-0.2, 0) is 0 Å². The number of rotatable bonds is 21. The molecule has 0 aromatic rings. The summed E-state index contributed by atoms with van der Waals surface area (Å²) in [6, 6.07) is 0. The molecule has 1 heterocycles. The molecular formula is C27H54N2. The van der Waals surface area contributed by atoms with E-state index in [9.17, 15) is 0 Å². The largest absolute Gasteiger partial charge is 0.356 e. The lowest BCUT2D eigenvalue weighted by atomic mass is 10.0. The van der Waals surface area contributed by atoms with Gasteiger partial charge in [0.25, 0.3) is 0 Å². The van der Waals surface area contributed by atoms with Crippen LogP contribution < -0.4 is 0 Å². The minimum atomic E-state index is 0.645. The van der Waals surface area contributed by atoms with E-state index in [0.717, 1.165) is 0 Å². The number of unbranched alkanes of at least 4 members (excludes halogenated alkanes) is 15. The second kappa shape index (κ2) is 19.3. The van der Waals surface area contributed by atoms with E-state index in [0.29, 0.717) is 6.17 Å².